The molecule has 7 nitrogen and oxygen atoms in total. The molecular weight excluding hydrogens is 398 g/mol. The normalized spacial score (nSPS) is 15.3. The first-order valence-corrected chi connectivity index (χ1v) is 9.31. The number of likely N-dealkylation sites (tertiary alicyclic amines) is 1. The van der Waals surface area contributed by atoms with Crippen LogP contribution in [0, 0.1) is 5.92 Å². The summed E-state index contributed by atoms with van der Waals surface area (Å²) in [7, 11) is 0. The van der Waals surface area contributed by atoms with Gasteiger partial charge >= 0.3 is 0 Å². The van der Waals surface area contributed by atoms with E-state index in [0.29, 0.717) is 24.0 Å². The Kier molecular flexibility index (Phi) is 4.83. The van der Waals surface area contributed by atoms with Gasteiger partial charge in [0.2, 0.25) is 5.88 Å². The Hall–Kier alpha value is -2.48. The van der Waals surface area contributed by atoms with Crippen LogP contribution in [-0.4, -0.2) is 50.1 Å². The maximum Gasteiger partial charge on any atom is 0.255 e. The number of rotatable bonds is 4. The van der Waals surface area contributed by atoms with E-state index in [0.717, 1.165) is 36.1 Å². The fraction of sp³-hybridized carbons (Fsp3) is 0.333. The lowest BCUT2D eigenvalue weighted by Crippen LogP contribution is -2.39. The first kappa shape index (κ1) is 17.0. The molecule has 134 valence electrons. The number of imidazole rings is 1. The van der Waals surface area contributed by atoms with Crippen LogP contribution in [0.1, 0.15) is 23.2 Å². The molecule has 0 N–H and O–H groups in total. The van der Waals surface area contributed by atoms with Gasteiger partial charge in [-0.05, 0) is 46.8 Å². The van der Waals surface area contributed by atoms with Gasteiger partial charge in [-0.3, -0.25) is 9.78 Å². The average Bonchev–Trinajstić information content (AvgIpc) is 3.14. The van der Waals surface area contributed by atoms with Crippen LogP contribution < -0.4 is 4.74 Å². The van der Waals surface area contributed by atoms with Crippen LogP contribution in [0.3, 0.4) is 0 Å². The third-order valence-electron chi connectivity index (χ3n) is 4.55. The standard InChI is InChI=1S/C18H18BrN5O2/c19-15-9-14(10-20-11-15)18(25)23-6-3-13(4-7-23)12-26-17-2-1-16-21-5-8-24(16)22-17/h1-2,5,8-11,13H,3-4,6-7,12H2. The number of piperidine rings is 1. The van der Waals surface area contributed by atoms with Gasteiger partial charge in [0.15, 0.2) is 5.65 Å². The Morgan fingerprint density at radius 1 is 1.27 bits per heavy atom. The Balaban J connectivity index is 1.30. The molecule has 0 unspecified atom stereocenters. The number of hydrogen-bond donors (Lipinski definition) is 0. The molecule has 4 heterocycles. The van der Waals surface area contributed by atoms with Crippen molar-refractivity contribution in [3.05, 3.63) is 53.0 Å². The molecule has 26 heavy (non-hydrogen) atoms. The summed E-state index contributed by atoms with van der Waals surface area (Å²) in [5.74, 6) is 1.04. The van der Waals surface area contributed by atoms with Gasteiger partial charge in [-0.2, -0.15) is 0 Å². The first-order chi connectivity index (χ1) is 12.7. The zero-order valence-electron chi connectivity index (χ0n) is 14.1. The Bertz CT molecular complexity index is 921. The van der Waals surface area contributed by atoms with E-state index in [-0.39, 0.29) is 5.91 Å². The average molecular weight is 416 g/mol. The van der Waals surface area contributed by atoms with E-state index in [4.69, 9.17) is 4.74 Å². The van der Waals surface area contributed by atoms with Gasteiger partial charge in [-0.15, -0.1) is 5.10 Å². The monoisotopic (exact) mass is 415 g/mol. The number of pyridine rings is 1. The summed E-state index contributed by atoms with van der Waals surface area (Å²) in [6.07, 6.45) is 8.62. The number of ether oxygens (including phenoxy) is 1. The summed E-state index contributed by atoms with van der Waals surface area (Å²) in [6, 6.07) is 5.53. The maximum atomic E-state index is 12.6. The third kappa shape index (κ3) is 3.70. The quantitative estimate of drug-likeness (QED) is 0.654. The number of halogens is 1. The summed E-state index contributed by atoms with van der Waals surface area (Å²) in [5, 5.41) is 4.37. The van der Waals surface area contributed by atoms with Crippen molar-refractivity contribution in [1.29, 1.82) is 0 Å². The number of carbonyl (C=O) groups is 1. The number of carbonyl (C=O) groups excluding carboxylic acids is 1. The fourth-order valence-electron chi connectivity index (χ4n) is 3.09. The minimum Gasteiger partial charge on any atom is -0.476 e. The van der Waals surface area contributed by atoms with E-state index in [1.54, 1.807) is 29.3 Å². The second-order valence-corrected chi connectivity index (χ2v) is 7.26. The third-order valence-corrected chi connectivity index (χ3v) is 4.98. The van der Waals surface area contributed by atoms with E-state index >= 15 is 0 Å². The molecule has 0 atom stereocenters. The van der Waals surface area contributed by atoms with Gasteiger partial charge < -0.3 is 9.64 Å². The van der Waals surface area contributed by atoms with E-state index in [1.165, 1.54) is 0 Å². The molecular formula is C18H18BrN5O2. The van der Waals surface area contributed by atoms with Crippen LogP contribution in [-0.2, 0) is 0 Å². The number of nitrogens with zero attached hydrogens (tertiary/aromatic N) is 5. The molecule has 4 rings (SSSR count). The zero-order valence-corrected chi connectivity index (χ0v) is 15.7. The molecule has 0 aromatic carbocycles. The molecule has 1 aliphatic rings. The van der Waals surface area contributed by atoms with Gasteiger partial charge in [-0.1, -0.05) is 0 Å². The highest BCUT2D eigenvalue weighted by atomic mass is 79.9. The van der Waals surface area contributed by atoms with Crippen LogP contribution in [0.2, 0.25) is 0 Å². The zero-order chi connectivity index (χ0) is 17.9. The highest BCUT2D eigenvalue weighted by Crippen LogP contribution is 2.21. The predicted molar refractivity (Wildman–Crippen MR) is 99.0 cm³/mol. The lowest BCUT2D eigenvalue weighted by atomic mass is 9.97. The maximum absolute atomic E-state index is 12.6. The lowest BCUT2D eigenvalue weighted by molar-refractivity contribution is 0.0658. The molecule has 0 spiro atoms. The van der Waals surface area contributed by atoms with Crippen molar-refractivity contribution in [2.75, 3.05) is 19.7 Å². The van der Waals surface area contributed by atoms with Crippen LogP contribution in [0.15, 0.2) is 47.5 Å². The van der Waals surface area contributed by atoms with Crippen molar-refractivity contribution in [2.45, 2.75) is 12.8 Å². The van der Waals surface area contributed by atoms with Crippen molar-refractivity contribution in [3.63, 3.8) is 0 Å². The molecule has 0 radical (unpaired) electrons. The summed E-state index contributed by atoms with van der Waals surface area (Å²) in [4.78, 5) is 22.7. The van der Waals surface area contributed by atoms with E-state index in [1.807, 2.05) is 23.1 Å². The molecule has 3 aromatic heterocycles. The summed E-state index contributed by atoms with van der Waals surface area (Å²) in [5.41, 5.74) is 1.41. The van der Waals surface area contributed by atoms with Crippen LogP contribution in [0.25, 0.3) is 5.65 Å². The molecule has 1 fully saturated rings. The Morgan fingerprint density at radius 2 is 2.12 bits per heavy atom. The Morgan fingerprint density at radius 3 is 2.92 bits per heavy atom. The largest absolute Gasteiger partial charge is 0.476 e. The molecule has 0 aliphatic carbocycles. The second kappa shape index (κ2) is 7.41. The van der Waals surface area contributed by atoms with Crippen molar-refractivity contribution in [3.8, 4) is 5.88 Å². The van der Waals surface area contributed by atoms with E-state index in [9.17, 15) is 4.79 Å². The van der Waals surface area contributed by atoms with E-state index < -0.39 is 0 Å². The molecule has 0 saturated carbocycles. The second-order valence-electron chi connectivity index (χ2n) is 6.34. The van der Waals surface area contributed by atoms with Crippen LogP contribution >= 0.6 is 15.9 Å². The molecule has 8 heteroatoms. The van der Waals surface area contributed by atoms with Gasteiger partial charge in [-0.25, -0.2) is 9.50 Å². The highest BCUT2D eigenvalue weighted by Gasteiger charge is 2.24. The minimum absolute atomic E-state index is 0.0328. The summed E-state index contributed by atoms with van der Waals surface area (Å²) in [6.45, 7) is 2.06. The number of amides is 1. The predicted octanol–water partition coefficient (Wildman–Crippen LogP) is 2.82. The van der Waals surface area contributed by atoms with Gasteiger partial charge in [0.1, 0.15) is 0 Å². The van der Waals surface area contributed by atoms with Gasteiger partial charge in [0.25, 0.3) is 5.91 Å². The SMILES string of the molecule is O=C(c1cncc(Br)c1)N1CCC(COc2ccc3nccn3n2)CC1. The molecule has 0 bridgehead atoms. The molecule has 1 amide bonds. The number of fused-ring (bicyclic) bond motifs is 1. The number of hydrogen-bond acceptors (Lipinski definition) is 5. The summed E-state index contributed by atoms with van der Waals surface area (Å²) >= 11 is 3.36. The van der Waals surface area contributed by atoms with Crippen LogP contribution in [0.5, 0.6) is 5.88 Å². The van der Waals surface area contributed by atoms with Crippen molar-refractivity contribution >= 4 is 27.5 Å². The fourth-order valence-corrected chi connectivity index (χ4v) is 3.46. The first-order valence-electron chi connectivity index (χ1n) is 8.52. The number of aromatic nitrogens is 4. The minimum atomic E-state index is 0.0328. The molecule has 1 aliphatic heterocycles. The van der Waals surface area contributed by atoms with Gasteiger partial charge in [0.05, 0.1) is 12.2 Å². The smallest absolute Gasteiger partial charge is 0.255 e. The molecule has 3 aromatic rings. The Labute approximate surface area is 159 Å². The van der Waals surface area contributed by atoms with Crippen molar-refractivity contribution in [2.24, 2.45) is 5.92 Å². The van der Waals surface area contributed by atoms with Crippen molar-refractivity contribution < 1.29 is 9.53 Å². The van der Waals surface area contributed by atoms with Crippen molar-refractivity contribution in [1.82, 2.24) is 24.5 Å². The topological polar surface area (TPSA) is 72.6 Å². The van der Waals surface area contributed by atoms with Gasteiger partial charge in [0, 0.05) is 48.4 Å². The van der Waals surface area contributed by atoms with E-state index in [2.05, 4.69) is 31.0 Å². The lowest BCUT2D eigenvalue weighted by Gasteiger charge is -2.31. The summed E-state index contributed by atoms with van der Waals surface area (Å²) < 4.78 is 8.35. The molecule has 1 saturated heterocycles. The highest BCUT2D eigenvalue weighted by molar-refractivity contribution is 9.10. The van der Waals surface area contributed by atoms with Crippen LogP contribution in [0.4, 0.5) is 0 Å².